The summed E-state index contributed by atoms with van der Waals surface area (Å²) in [6, 6.07) is 0. The van der Waals surface area contributed by atoms with Crippen molar-refractivity contribution in [2.75, 3.05) is 0 Å². The summed E-state index contributed by atoms with van der Waals surface area (Å²) >= 11 is 0. The van der Waals surface area contributed by atoms with Crippen LogP contribution in [0.2, 0.25) is 0 Å². The molecule has 0 aromatic rings. The summed E-state index contributed by atoms with van der Waals surface area (Å²) in [5, 5.41) is 0. The van der Waals surface area contributed by atoms with Crippen LogP contribution < -0.4 is 88.7 Å². The van der Waals surface area contributed by atoms with E-state index in [0.717, 1.165) is 0 Å². The molecule has 104 valence electrons. The zero-order valence-corrected chi connectivity index (χ0v) is 17.5. The second-order valence-corrected chi connectivity index (χ2v) is 3.54. The number of rotatable bonds is 0. The Bertz CT molecular complexity index is 359. The molecule has 0 amide bonds. The van der Waals surface area contributed by atoms with E-state index in [1.165, 1.54) is 0 Å². The Morgan fingerprint density at radius 3 is 0.526 bits per heavy atom. The van der Waals surface area contributed by atoms with E-state index in [1.54, 1.807) is 0 Å². The Balaban J connectivity index is -0.0000000206. The molecule has 0 N–H and O–H groups in total. The van der Waals surface area contributed by atoms with Gasteiger partial charge in [0, 0.05) is 0 Å². The largest absolute Gasteiger partial charge is 1.00 e. The third-order valence-electron chi connectivity index (χ3n) is 0. The number of halogens is 3. The van der Waals surface area contributed by atoms with E-state index < -0.39 is 31.5 Å². The minimum atomic E-state index is -5.42. The first-order chi connectivity index (χ1) is 6.00. The monoisotopic (exact) mass is 382 g/mol. The van der Waals surface area contributed by atoms with E-state index >= 15 is 0 Å². The van der Waals surface area contributed by atoms with Crippen LogP contribution in [0, 0.1) is 0 Å². The van der Waals surface area contributed by atoms with E-state index in [1.807, 2.05) is 0 Å². The SMILES string of the molecule is C.O=S(=O)([O-])F.O=S(=O)([O-])F.O=S(=O)([O-])F.[Na+].[Na+].[Na+]. The normalized spacial score (nSPS) is 9.16. The van der Waals surface area contributed by atoms with E-state index in [-0.39, 0.29) is 96.1 Å². The number of hydrogen-bond acceptors (Lipinski definition) is 9. The Labute approximate surface area is 175 Å². The molecule has 0 unspecified atom stereocenters. The van der Waals surface area contributed by atoms with Crippen molar-refractivity contribution in [3.63, 3.8) is 0 Å². The van der Waals surface area contributed by atoms with Gasteiger partial charge in [-0.2, -0.15) is 0 Å². The Hall–Kier alpha value is 2.52. The van der Waals surface area contributed by atoms with Crippen LogP contribution in [0.4, 0.5) is 11.7 Å². The zero-order valence-electron chi connectivity index (χ0n) is 9.03. The Kier molecular flexibility index (Phi) is 42.0. The molecular weight excluding hydrogens is 378 g/mol. The quantitative estimate of drug-likeness (QED) is 0.224. The topological polar surface area (TPSA) is 172 Å². The maximum Gasteiger partial charge on any atom is 1.00 e. The molecule has 0 atom stereocenters. The van der Waals surface area contributed by atoms with Gasteiger partial charge >= 0.3 is 88.7 Å². The van der Waals surface area contributed by atoms with Crippen LogP contribution in [0.5, 0.6) is 0 Å². The van der Waals surface area contributed by atoms with Crippen molar-refractivity contribution in [2.45, 2.75) is 7.43 Å². The molecule has 0 aliphatic rings. The van der Waals surface area contributed by atoms with Crippen molar-refractivity contribution in [3.8, 4) is 0 Å². The molecule has 0 bridgehead atoms. The second-order valence-electron chi connectivity index (χ2n) is 1.18. The fraction of sp³-hybridized carbons (Fsp3) is 1.00. The summed E-state index contributed by atoms with van der Waals surface area (Å²) in [6.45, 7) is 0. The molecule has 19 heavy (non-hydrogen) atoms. The second kappa shape index (κ2) is 18.6. The van der Waals surface area contributed by atoms with Crippen molar-refractivity contribution in [1.29, 1.82) is 0 Å². The third kappa shape index (κ3) is 1110. The van der Waals surface area contributed by atoms with Gasteiger partial charge in [-0.05, 0) is 0 Å². The first-order valence-electron chi connectivity index (χ1n) is 1.96. The molecular formula is CH4F3Na3O9S3. The van der Waals surface area contributed by atoms with Crippen molar-refractivity contribution in [2.24, 2.45) is 0 Å². The van der Waals surface area contributed by atoms with E-state index in [4.69, 9.17) is 38.9 Å². The average Bonchev–Trinajstić information content (AvgIpc) is 1.41. The van der Waals surface area contributed by atoms with E-state index in [2.05, 4.69) is 0 Å². The summed E-state index contributed by atoms with van der Waals surface area (Å²) in [5.41, 5.74) is 0. The molecule has 0 heterocycles. The summed E-state index contributed by atoms with van der Waals surface area (Å²) in [5.74, 6) is 0. The maximum absolute atomic E-state index is 10.1. The molecule has 0 saturated carbocycles. The number of hydrogen-bond donors (Lipinski definition) is 0. The van der Waals surface area contributed by atoms with Crippen molar-refractivity contribution < 1.29 is 139 Å². The van der Waals surface area contributed by atoms with Crippen molar-refractivity contribution >= 4 is 31.5 Å². The van der Waals surface area contributed by atoms with E-state index in [9.17, 15) is 11.7 Å². The maximum atomic E-state index is 10.1. The van der Waals surface area contributed by atoms with Gasteiger partial charge in [-0.3, -0.25) is 0 Å². The van der Waals surface area contributed by atoms with Gasteiger partial charge in [0.05, 0.1) is 0 Å². The minimum Gasteiger partial charge on any atom is -0.722 e. The van der Waals surface area contributed by atoms with Crippen molar-refractivity contribution in [3.05, 3.63) is 0 Å². The van der Waals surface area contributed by atoms with Crippen LogP contribution in [-0.4, -0.2) is 38.9 Å². The van der Waals surface area contributed by atoms with Gasteiger partial charge in [-0.15, -0.1) is 11.7 Å². The molecule has 9 nitrogen and oxygen atoms in total. The van der Waals surface area contributed by atoms with Crippen LogP contribution in [0.3, 0.4) is 0 Å². The average molecular weight is 382 g/mol. The molecule has 0 rings (SSSR count). The first kappa shape index (κ1) is 43.0. The van der Waals surface area contributed by atoms with Crippen LogP contribution in [0.25, 0.3) is 0 Å². The van der Waals surface area contributed by atoms with Gasteiger partial charge in [0.15, 0.2) is 0 Å². The van der Waals surface area contributed by atoms with Crippen LogP contribution in [-0.2, 0) is 31.5 Å². The predicted octanol–water partition coefficient (Wildman–Crippen LogP) is -10.1. The molecule has 0 radical (unpaired) electrons. The summed E-state index contributed by atoms with van der Waals surface area (Å²) in [4.78, 5) is 0. The summed E-state index contributed by atoms with van der Waals surface area (Å²) in [6.07, 6.45) is 0. The van der Waals surface area contributed by atoms with Crippen LogP contribution >= 0.6 is 0 Å². The van der Waals surface area contributed by atoms with Gasteiger partial charge in [0.25, 0.3) is 31.5 Å². The van der Waals surface area contributed by atoms with Gasteiger partial charge in [0.2, 0.25) is 0 Å². The molecule has 0 spiro atoms. The van der Waals surface area contributed by atoms with E-state index in [0.29, 0.717) is 0 Å². The minimum absolute atomic E-state index is 0. The molecule has 0 aliphatic heterocycles. The fourth-order valence-corrected chi connectivity index (χ4v) is 0. The smallest absolute Gasteiger partial charge is 0.722 e. The molecule has 0 fully saturated rings. The standard InChI is InChI=1S/CH4.3FHO3S.3Na/c;3*1-5(2,3)4;;;/h1H4;3*(H,2,3,4);;;/q;;;;3*+1/p-3. The van der Waals surface area contributed by atoms with Gasteiger partial charge in [-0.1, -0.05) is 7.43 Å². The Morgan fingerprint density at radius 2 is 0.526 bits per heavy atom. The summed E-state index contributed by atoms with van der Waals surface area (Å²) in [7, 11) is -16.2. The van der Waals surface area contributed by atoms with Crippen molar-refractivity contribution in [1.82, 2.24) is 0 Å². The van der Waals surface area contributed by atoms with Gasteiger partial charge in [0.1, 0.15) is 0 Å². The Morgan fingerprint density at radius 1 is 0.526 bits per heavy atom. The predicted molar refractivity (Wildman–Crippen MR) is 39.1 cm³/mol. The first-order valence-corrected chi connectivity index (χ1v) is 5.89. The molecule has 0 aromatic carbocycles. The summed E-state index contributed by atoms with van der Waals surface area (Å²) < 4.78 is 106. The van der Waals surface area contributed by atoms with Crippen LogP contribution in [0.1, 0.15) is 7.43 Å². The fourth-order valence-electron chi connectivity index (χ4n) is 0. The van der Waals surface area contributed by atoms with Crippen LogP contribution in [0.15, 0.2) is 0 Å². The molecule has 0 saturated heterocycles. The zero-order chi connectivity index (χ0) is 13.5. The third-order valence-corrected chi connectivity index (χ3v) is 0. The molecule has 0 aliphatic carbocycles. The van der Waals surface area contributed by atoms with Gasteiger partial charge < -0.3 is 13.7 Å². The molecule has 18 heteroatoms. The van der Waals surface area contributed by atoms with Gasteiger partial charge in [-0.25, -0.2) is 25.3 Å². The molecule has 0 aromatic heterocycles.